The summed E-state index contributed by atoms with van der Waals surface area (Å²) in [5, 5.41) is 3.91. The van der Waals surface area contributed by atoms with Gasteiger partial charge in [0.15, 0.2) is 0 Å². The molecule has 0 aliphatic carbocycles. The van der Waals surface area contributed by atoms with Crippen molar-refractivity contribution in [2.75, 3.05) is 36.5 Å². The molecule has 3 heterocycles. The van der Waals surface area contributed by atoms with E-state index in [1.165, 1.54) is 11.1 Å². The van der Waals surface area contributed by atoms with E-state index < -0.39 is 0 Å². The van der Waals surface area contributed by atoms with Crippen molar-refractivity contribution in [1.29, 1.82) is 0 Å². The highest BCUT2D eigenvalue weighted by Gasteiger charge is 2.14. The number of carbonyl (C=O) groups excluding carboxylic acids is 1. The maximum Gasteiger partial charge on any atom is 0.228 e. The zero-order valence-electron chi connectivity index (χ0n) is 15.6. The van der Waals surface area contributed by atoms with Crippen LogP contribution in [0.5, 0.6) is 0 Å². The summed E-state index contributed by atoms with van der Waals surface area (Å²) in [6.45, 7) is 7.23. The monoisotopic (exact) mass is 365 g/mol. The highest BCUT2D eigenvalue weighted by atomic mass is 16.5. The number of aryl methyl sites for hydroxylation is 2. The largest absolute Gasteiger partial charge is 0.464 e. The molecule has 1 fully saturated rings. The van der Waals surface area contributed by atoms with Gasteiger partial charge in [0.05, 0.1) is 37.8 Å². The van der Waals surface area contributed by atoms with Crippen molar-refractivity contribution in [2.24, 2.45) is 0 Å². The average molecular weight is 365 g/mol. The molecule has 1 amide bonds. The third-order valence-electron chi connectivity index (χ3n) is 4.99. The first-order valence-corrected chi connectivity index (χ1v) is 9.16. The Morgan fingerprint density at radius 2 is 1.96 bits per heavy atom. The molecule has 0 spiro atoms. The molecule has 6 heteroatoms. The average Bonchev–Trinajstić information content (AvgIpc) is 3.05. The second-order valence-corrected chi connectivity index (χ2v) is 6.92. The lowest BCUT2D eigenvalue weighted by Crippen LogP contribution is -2.36. The number of ether oxygens (including phenoxy) is 1. The molecule has 0 unspecified atom stereocenters. The van der Waals surface area contributed by atoms with Gasteiger partial charge in [0.2, 0.25) is 5.91 Å². The number of hydrogen-bond donors (Lipinski definition) is 1. The number of carbonyl (C=O) groups is 1. The van der Waals surface area contributed by atoms with Crippen LogP contribution in [0, 0.1) is 13.8 Å². The van der Waals surface area contributed by atoms with Gasteiger partial charge in [-0.2, -0.15) is 0 Å². The van der Waals surface area contributed by atoms with Crippen LogP contribution in [0.25, 0.3) is 11.0 Å². The van der Waals surface area contributed by atoms with Crippen LogP contribution in [0.3, 0.4) is 0 Å². The van der Waals surface area contributed by atoms with E-state index in [1.807, 2.05) is 18.2 Å². The third kappa shape index (κ3) is 3.80. The number of benzene rings is 1. The normalized spacial score (nSPS) is 14.5. The second-order valence-electron chi connectivity index (χ2n) is 6.92. The quantitative estimate of drug-likeness (QED) is 0.767. The van der Waals surface area contributed by atoms with Crippen LogP contribution in [0.2, 0.25) is 0 Å². The van der Waals surface area contributed by atoms with Gasteiger partial charge in [-0.05, 0) is 49.2 Å². The zero-order valence-corrected chi connectivity index (χ0v) is 15.6. The molecule has 1 saturated heterocycles. The fourth-order valence-electron chi connectivity index (χ4n) is 3.29. The Bertz CT molecular complexity index is 957. The molecule has 1 aliphatic rings. The first-order valence-electron chi connectivity index (χ1n) is 9.16. The fourth-order valence-corrected chi connectivity index (χ4v) is 3.29. The number of nitrogens with one attached hydrogen (secondary N) is 1. The van der Waals surface area contributed by atoms with Crippen molar-refractivity contribution in [3.63, 3.8) is 0 Å². The van der Waals surface area contributed by atoms with E-state index in [2.05, 4.69) is 35.1 Å². The van der Waals surface area contributed by atoms with Gasteiger partial charge >= 0.3 is 0 Å². The van der Waals surface area contributed by atoms with E-state index in [0.717, 1.165) is 48.7 Å². The number of furan rings is 1. The van der Waals surface area contributed by atoms with E-state index in [4.69, 9.17) is 9.15 Å². The zero-order chi connectivity index (χ0) is 18.8. The molecule has 0 radical (unpaired) electrons. The maximum absolute atomic E-state index is 12.5. The number of anilines is 2. The van der Waals surface area contributed by atoms with Crippen LogP contribution in [0.15, 0.2) is 41.1 Å². The highest BCUT2D eigenvalue weighted by molar-refractivity contribution is 5.95. The van der Waals surface area contributed by atoms with Crippen LogP contribution in [0.4, 0.5) is 11.5 Å². The Balaban J connectivity index is 1.43. The van der Waals surface area contributed by atoms with Gasteiger partial charge in [-0.15, -0.1) is 0 Å². The summed E-state index contributed by atoms with van der Waals surface area (Å²) < 4.78 is 11.0. The SMILES string of the molecule is Cc1cc2occ(CC(=O)Nc3ccc(N4CCOCC4)nc3)c2cc1C. The van der Waals surface area contributed by atoms with Gasteiger partial charge in [-0.1, -0.05) is 0 Å². The standard InChI is InChI=1S/C21H23N3O3/c1-14-9-18-16(13-27-19(18)10-15(14)2)11-21(25)23-17-3-4-20(22-12-17)24-5-7-26-8-6-24/h3-4,9-10,12-13H,5-8,11H2,1-2H3,(H,23,25). The number of nitrogens with zero attached hydrogens (tertiary/aromatic N) is 2. The number of amides is 1. The van der Waals surface area contributed by atoms with Gasteiger partial charge in [0.1, 0.15) is 11.4 Å². The summed E-state index contributed by atoms with van der Waals surface area (Å²) in [6, 6.07) is 7.91. The lowest BCUT2D eigenvalue weighted by atomic mass is 10.0. The topological polar surface area (TPSA) is 67.6 Å². The number of pyridine rings is 1. The number of rotatable bonds is 4. The van der Waals surface area contributed by atoms with Gasteiger partial charge in [0, 0.05) is 24.0 Å². The summed E-state index contributed by atoms with van der Waals surface area (Å²) in [6.07, 6.45) is 3.63. The molecule has 1 aromatic carbocycles. The Hall–Kier alpha value is -2.86. The summed E-state index contributed by atoms with van der Waals surface area (Å²) in [7, 11) is 0. The van der Waals surface area contributed by atoms with Crippen LogP contribution < -0.4 is 10.2 Å². The minimum Gasteiger partial charge on any atom is -0.464 e. The molecule has 27 heavy (non-hydrogen) atoms. The molecule has 1 N–H and O–H groups in total. The Morgan fingerprint density at radius 1 is 1.19 bits per heavy atom. The van der Waals surface area contributed by atoms with E-state index >= 15 is 0 Å². The van der Waals surface area contributed by atoms with Crippen LogP contribution in [-0.2, 0) is 16.0 Å². The number of aromatic nitrogens is 1. The minimum absolute atomic E-state index is 0.0862. The second kappa shape index (κ2) is 7.40. The van der Waals surface area contributed by atoms with Gasteiger partial charge in [0.25, 0.3) is 0 Å². The molecule has 2 aromatic heterocycles. The van der Waals surface area contributed by atoms with Gasteiger partial charge in [-0.3, -0.25) is 4.79 Å². The molecular formula is C21H23N3O3. The Kier molecular flexibility index (Phi) is 4.81. The van der Waals surface area contributed by atoms with Crippen molar-refractivity contribution in [3.05, 3.63) is 53.4 Å². The maximum atomic E-state index is 12.5. The molecule has 0 atom stereocenters. The number of morpholine rings is 1. The third-order valence-corrected chi connectivity index (χ3v) is 4.99. The number of fused-ring (bicyclic) bond motifs is 1. The molecule has 4 rings (SSSR count). The van der Waals surface area contributed by atoms with Crippen LogP contribution in [-0.4, -0.2) is 37.2 Å². The fraction of sp³-hybridized carbons (Fsp3) is 0.333. The molecule has 3 aromatic rings. The Labute approximate surface area is 158 Å². The van der Waals surface area contributed by atoms with E-state index in [0.29, 0.717) is 5.69 Å². The van der Waals surface area contributed by atoms with E-state index in [-0.39, 0.29) is 12.3 Å². The first kappa shape index (κ1) is 17.5. The molecular weight excluding hydrogens is 342 g/mol. The van der Waals surface area contributed by atoms with Crippen LogP contribution >= 0.6 is 0 Å². The lowest BCUT2D eigenvalue weighted by Gasteiger charge is -2.27. The van der Waals surface area contributed by atoms with Crippen molar-refractivity contribution in [3.8, 4) is 0 Å². The van der Waals surface area contributed by atoms with Crippen molar-refractivity contribution < 1.29 is 13.9 Å². The summed E-state index contributed by atoms with van der Waals surface area (Å²) in [5.74, 6) is 0.819. The van der Waals surface area contributed by atoms with Gasteiger partial charge < -0.3 is 19.4 Å². The highest BCUT2D eigenvalue weighted by Crippen LogP contribution is 2.25. The van der Waals surface area contributed by atoms with E-state index in [9.17, 15) is 4.79 Å². The summed E-state index contributed by atoms with van der Waals surface area (Å²) in [5.41, 5.74) is 4.77. The first-order chi connectivity index (χ1) is 13.1. The van der Waals surface area contributed by atoms with E-state index in [1.54, 1.807) is 12.5 Å². The smallest absolute Gasteiger partial charge is 0.228 e. The van der Waals surface area contributed by atoms with Crippen molar-refractivity contribution in [2.45, 2.75) is 20.3 Å². The summed E-state index contributed by atoms with van der Waals surface area (Å²) >= 11 is 0. The molecule has 0 saturated carbocycles. The van der Waals surface area contributed by atoms with Crippen molar-refractivity contribution >= 4 is 28.4 Å². The minimum atomic E-state index is -0.0862. The predicted molar refractivity (Wildman–Crippen MR) is 105 cm³/mol. The molecule has 140 valence electrons. The predicted octanol–water partition coefficient (Wildman–Crippen LogP) is 3.46. The van der Waals surface area contributed by atoms with Gasteiger partial charge in [-0.25, -0.2) is 4.98 Å². The van der Waals surface area contributed by atoms with Crippen LogP contribution in [0.1, 0.15) is 16.7 Å². The summed E-state index contributed by atoms with van der Waals surface area (Å²) in [4.78, 5) is 19.1. The number of hydrogen-bond acceptors (Lipinski definition) is 5. The molecule has 6 nitrogen and oxygen atoms in total. The lowest BCUT2D eigenvalue weighted by molar-refractivity contribution is -0.115. The molecule has 0 bridgehead atoms. The van der Waals surface area contributed by atoms with Crippen molar-refractivity contribution in [1.82, 2.24) is 4.98 Å². The Morgan fingerprint density at radius 3 is 2.70 bits per heavy atom. The molecule has 1 aliphatic heterocycles.